The van der Waals surface area contributed by atoms with E-state index in [-0.39, 0.29) is 0 Å². The second kappa shape index (κ2) is 6.25. The molecule has 3 rings (SSSR count). The SMILES string of the molecule is CC1CCCCC1N(C)Cc1nc(NN)c2ccsc2n1. The quantitative estimate of drug-likeness (QED) is 0.671. The molecule has 21 heavy (non-hydrogen) atoms. The zero-order chi connectivity index (χ0) is 14.8. The van der Waals surface area contributed by atoms with Crippen molar-refractivity contribution in [1.29, 1.82) is 0 Å². The second-order valence-electron chi connectivity index (χ2n) is 6.02. The lowest BCUT2D eigenvalue weighted by Crippen LogP contribution is -2.38. The van der Waals surface area contributed by atoms with Crippen LogP contribution in [0.25, 0.3) is 10.2 Å². The van der Waals surface area contributed by atoms with Gasteiger partial charge in [-0.1, -0.05) is 19.8 Å². The van der Waals surface area contributed by atoms with Crippen molar-refractivity contribution in [3.63, 3.8) is 0 Å². The summed E-state index contributed by atoms with van der Waals surface area (Å²) in [6, 6.07) is 2.64. The molecule has 0 amide bonds. The van der Waals surface area contributed by atoms with Gasteiger partial charge in [0.2, 0.25) is 0 Å². The molecule has 114 valence electrons. The molecule has 0 bridgehead atoms. The van der Waals surface area contributed by atoms with Crippen LogP contribution < -0.4 is 11.3 Å². The summed E-state index contributed by atoms with van der Waals surface area (Å²) in [5, 5.41) is 3.02. The van der Waals surface area contributed by atoms with Gasteiger partial charge in [0.25, 0.3) is 0 Å². The van der Waals surface area contributed by atoms with Crippen LogP contribution in [0.1, 0.15) is 38.4 Å². The number of nitrogens with zero attached hydrogens (tertiary/aromatic N) is 3. The average molecular weight is 305 g/mol. The lowest BCUT2D eigenvalue weighted by atomic mass is 9.85. The highest BCUT2D eigenvalue weighted by Crippen LogP contribution is 2.29. The lowest BCUT2D eigenvalue weighted by molar-refractivity contribution is 0.130. The fourth-order valence-electron chi connectivity index (χ4n) is 3.37. The highest BCUT2D eigenvalue weighted by Gasteiger charge is 2.25. The predicted octanol–water partition coefficient (Wildman–Crippen LogP) is 2.99. The Morgan fingerprint density at radius 1 is 1.38 bits per heavy atom. The summed E-state index contributed by atoms with van der Waals surface area (Å²) in [4.78, 5) is 12.6. The minimum atomic E-state index is 0.635. The van der Waals surface area contributed by atoms with Crippen molar-refractivity contribution in [2.75, 3.05) is 12.5 Å². The second-order valence-corrected chi connectivity index (χ2v) is 6.91. The number of fused-ring (bicyclic) bond motifs is 1. The maximum absolute atomic E-state index is 5.59. The largest absolute Gasteiger partial charge is 0.308 e. The molecule has 1 aliphatic rings. The molecule has 2 heterocycles. The number of nitrogen functional groups attached to an aromatic ring is 1. The van der Waals surface area contributed by atoms with Crippen LogP contribution in [0.4, 0.5) is 5.82 Å². The number of rotatable bonds is 4. The number of nitrogens with two attached hydrogens (primary N) is 1. The van der Waals surface area contributed by atoms with Crippen molar-refractivity contribution in [2.24, 2.45) is 11.8 Å². The Bertz CT molecular complexity index is 611. The molecule has 1 fully saturated rings. The highest BCUT2D eigenvalue weighted by atomic mass is 32.1. The van der Waals surface area contributed by atoms with Crippen LogP contribution in [0, 0.1) is 5.92 Å². The zero-order valence-electron chi connectivity index (χ0n) is 12.7. The van der Waals surface area contributed by atoms with E-state index in [0.717, 1.165) is 34.3 Å². The molecule has 0 spiro atoms. The van der Waals surface area contributed by atoms with E-state index < -0.39 is 0 Å². The van der Waals surface area contributed by atoms with E-state index in [1.54, 1.807) is 11.3 Å². The van der Waals surface area contributed by atoms with Gasteiger partial charge < -0.3 is 5.43 Å². The first kappa shape index (κ1) is 14.7. The Morgan fingerprint density at radius 2 is 2.19 bits per heavy atom. The minimum Gasteiger partial charge on any atom is -0.308 e. The Labute approximate surface area is 129 Å². The molecule has 2 unspecified atom stereocenters. The van der Waals surface area contributed by atoms with E-state index >= 15 is 0 Å². The summed E-state index contributed by atoms with van der Waals surface area (Å²) >= 11 is 1.63. The molecule has 3 N–H and O–H groups in total. The lowest BCUT2D eigenvalue weighted by Gasteiger charge is -2.35. The third-order valence-electron chi connectivity index (χ3n) is 4.53. The first-order chi connectivity index (χ1) is 10.2. The summed E-state index contributed by atoms with van der Waals surface area (Å²) in [7, 11) is 2.18. The number of anilines is 1. The Balaban J connectivity index is 1.80. The summed E-state index contributed by atoms with van der Waals surface area (Å²) in [5.41, 5.74) is 2.70. The molecule has 1 aliphatic carbocycles. The van der Waals surface area contributed by atoms with E-state index in [2.05, 4.69) is 34.3 Å². The van der Waals surface area contributed by atoms with Gasteiger partial charge in [0.05, 0.1) is 11.9 Å². The molecule has 0 saturated heterocycles. The normalized spacial score (nSPS) is 22.9. The molecule has 2 aromatic rings. The highest BCUT2D eigenvalue weighted by molar-refractivity contribution is 7.16. The number of nitrogens with one attached hydrogen (secondary N) is 1. The van der Waals surface area contributed by atoms with E-state index in [0.29, 0.717) is 6.04 Å². The fourth-order valence-corrected chi connectivity index (χ4v) is 4.15. The first-order valence-corrected chi connectivity index (χ1v) is 8.48. The third-order valence-corrected chi connectivity index (χ3v) is 5.34. The average Bonchev–Trinajstić information content (AvgIpc) is 2.95. The topological polar surface area (TPSA) is 67.1 Å². The molecule has 0 aliphatic heterocycles. The summed E-state index contributed by atoms with van der Waals surface area (Å²) in [6.07, 6.45) is 5.31. The van der Waals surface area contributed by atoms with Gasteiger partial charge in [0, 0.05) is 6.04 Å². The molecule has 5 nitrogen and oxygen atoms in total. The van der Waals surface area contributed by atoms with Crippen LogP contribution in [-0.2, 0) is 6.54 Å². The van der Waals surface area contributed by atoms with Crippen molar-refractivity contribution >= 4 is 27.4 Å². The van der Waals surface area contributed by atoms with Gasteiger partial charge in [-0.05, 0) is 37.3 Å². The fraction of sp³-hybridized carbons (Fsp3) is 0.600. The van der Waals surface area contributed by atoms with Gasteiger partial charge in [-0.2, -0.15) is 0 Å². The molecule has 0 aromatic carbocycles. The molecule has 6 heteroatoms. The van der Waals surface area contributed by atoms with Gasteiger partial charge >= 0.3 is 0 Å². The summed E-state index contributed by atoms with van der Waals surface area (Å²) < 4.78 is 0. The van der Waals surface area contributed by atoms with Crippen LogP contribution in [0.15, 0.2) is 11.4 Å². The minimum absolute atomic E-state index is 0.635. The molecular formula is C15H23N5S. The summed E-state index contributed by atoms with van der Waals surface area (Å²) in [5.74, 6) is 7.91. The van der Waals surface area contributed by atoms with E-state index in [1.165, 1.54) is 25.7 Å². The van der Waals surface area contributed by atoms with Crippen molar-refractivity contribution in [2.45, 2.75) is 45.2 Å². The van der Waals surface area contributed by atoms with E-state index in [9.17, 15) is 0 Å². The molecule has 0 radical (unpaired) electrons. The van der Waals surface area contributed by atoms with Crippen LogP contribution in [0.3, 0.4) is 0 Å². The van der Waals surface area contributed by atoms with Crippen LogP contribution in [0.2, 0.25) is 0 Å². The smallest absolute Gasteiger partial charge is 0.152 e. The number of thiophene rings is 1. The molecule has 2 aromatic heterocycles. The van der Waals surface area contributed by atoms with Gasteiger partial charge in [-0.25, -0.2) is 15.8 Å². The predicted molar refractivity (Wildman–Crippen MR) is 88.1 cm³/mol. The monoisotopic (exact) mass is 305 g/mol. The van der Waals surface area contributed by atoms with Crippen LogP contribution >= 0.6 is 11.3 Å². The van der Waals surface area contributed by atoms with Gasteiger partial charge in [0.15, 0.2) is 5.82 Å². The van der Waals surface area contributed by atoms with E-state index in [4.69, 9.17) is 5.84 Å². The van der Waals surface area contributed by atoms with Crippen molar-refractivity contribution in [3.8, 4) is 0 Å². The zero-order valence-corrected chi connectivity index (χ0v) is 13.5. The maximum atomic E-state index is 5.59. The summed E-state index contributed by atoms with van der Waals surface area (Å²) in [6.45, 7) is 3.13. The molecular weight excluding hydrogens is 282 g/mol. The van der Waals surface area contributed by atoms with Crippen molar-refractivity contribution in [3.05, 3.63) is 17.3 Å². The Kier molecular flexibility index (Phi) is 4.37. The van der Waals surface area contributed by atoms with Gasteiger partial charge in [0.1, 0.15) is 10.7 Å². The number of hydrazine groups is 1. The van der Waals surface area contributed by atoms with Crippen LogP contribution in [0.5, 0.6) is 0 Å². The Hall–Kier alpha value is -1.24. The van der Waals surface area contributed by atoms with Crippen LogP contribution in [-0.4, -0.2) is 28.0 Å². The molecule has 2 atom stereocenters. The number of hydrogen-bond acceptors (Lipinski definition) is 6. The third kappa shape index (κ3) is 3.02. The van der Waals surface area contributed by atoms with Gasteiger partial charge in [-0.15, -0.1) is 11.3 Å². The first-order valence-electron chi connectivity index (χ1n) is 7.60. The van der Waals surface area contributed by atoms with Crippen molar-refractivity contribution in [1.82, 2.24) is 14.9 Å². The molecule has 1 saturated carbocycles. The number of aromatic nitrogens is 2. The Morgan fingerprint density at radius 3 is 2.95 bits per heavy atom. The maximum Gasteiger partial charge on any atom is 0.152 e. The standard InChI is InChI=1S/C15H23N5S/c1-10-5-3-4-6-12(10)20(2)9-13-17-14(19-16)11-7-8-21-15(11)18-13/h7-8,10,12H,3-6,9,16H2,1-2H3,(H,17,18,19). The number of hydrogen-bond donors (Lipinski definition) is 2. The van der Waals surface area contributed by atoms with Gasteiger partial charge in [-0.3, -0.25) is 4.90 Å². The van der Waals surface area contributed by atoms with Crippen molar-refractivity contribution < 1.29 is 0 Å². The van der Waals surface area contributed by atoms with E-state index in [1.807, 2.05) is 11.4 Å².